The van der Waals surface area contributed by atoms with Gasteiger partial charge in [-0.1, -0.05) is 22.0 Å². The van der Waals surface area contributed by atoms with Crippen LogP contribution in [0.25, 0.3) is 0 Å². The Bertz CT molecular complexity index is 632. The van der Waals surface area contributed by atoms with Gasteiger partial charge in [0, 0.05) is 28.5 Å². The summed E-state index contributed by atoms with van der Waals surface area (Å²) in [6.45, 7) is 0.310. The maximum Gasteiger partial charge on any atom is 0.416 e. The summed E-state index contributed by atoms with van der Waals surface area (Å²) < 4.78 is 43.7. The van der Waals surface area contributed by atoms with Crippen LogP contribution in [-0.2, 0) is 12.7 Å². The number of hydrogen-bond donors (Lipinski definition) is 1. The van der Waals surface area contributed by atoms with Gasteiger partial charge in [0.25, 0.3) is 0 Å². The highest BCUT2D eigenvalue weighted by Crippen LogP contribution is 2.33. The molecule has 1 aromatic heterocycles. The molecule has 0 atom stereocenters. The third kappa shape index (κ3) is 4.10. The molecule has 2 aromatic rings. The number of pyridine rings is 1. The molecule has 0 bridgehead atoms. The van der Waals surface area contributed by atoms with Crippen molar-refractivity contribution < 1.29 is 17.9 Å². The summed E-state index contributed by atoms with van der Waals surface area (Å²) in [5, 5.41) is 2.94. The zero-order valence-corrected chi connectivity index (χ0v) is 12.6. The van der Waals surface area contributed by atoms with E-state index in [0.717, 1.165) is 17.7 Å². The average molecular weight is 361 g/mol. The lowest BCUT2D eigenvalue weighted by atomic mass is 10.2. The molecule has 0 unspecified atom stereocenters. The van der Waals surface area contributed by atoms with E-state index in [1.165, 1.54) is 7.11 Å². The number of anilines is 1. The molecule has 112 valence electrons. The van der Waals surface area contributed by atoms with Gasteiger partial charge >= 0.3 is 6.18 Å². The molecule has 0 aliphatic heterocycles. The number of aromatic nitrogens is 1. The monoisotopic (exact) mass is 360 g/mol. The molecule has 0 saturated heterocycles. The normalized spacial score (nSPS) is 11.3. The molecule has 7 heteroatoms. The minimum atomic E-state index is -4.38. The molecule has 0 amide bonds. The number of ether oxygens (including phenoxy) is 1. The van der Waals surface area contributed by atoms with E-state index in [1.54, 1.807) is 24.4 Å². The van der Waals surface area contributed by atoms with Crippen molar-refractivity contribution >= 4 is 21.6 Å². The van der Waals surface area contributed by atoms with E-state index in [9.17, 15) is 13.2 Å². The van der Waals surface area contributed by atoms with Crippen LogP contribution in [0.2, 0.25) is 0 Å². The van der Waals surface area contributed by atoms with Crippen molar-refractivity contribution in [3.05, 3.63) is 52.1 Å². The minimum absolute atomic E-state index is 0.310. The number of halogens is 4. The molecular weight excluding hydrogens is 349 g/mol. The predicted octanol–water partition coefficient (Wildman–Crippen LogP) is 4.48. The molecule has 0 fully saturated rings. The summed E-state index contributed by atoms with van der Waals surface area (Å²) in [6.07, 6.45) is -2.80. The summed E-state index contributed by atoms with van der Waals surface area (Å²) in [5.41, 5.74) is 0.411. The second kappa shape index (κ2) is 6.34. The van der Waals surface area contributed by atoms with E-state index in [1.807, 2.05) is 0 Å². The van der Waals surface area contributed by atoms with E-state index >= 15 is 0 Å². The number of hydrogen-bond acceptors (Lipinski definition) is 3. The van der Waals surface area contributed by atoms with E-state index in [2.05, 4.69) is 26.2 Å². The van der Waals surface area contributed by atoms with Crippen LogP contribution in [0.5, 0.6) is 5.88 Å². The Morgan fingerprint density at radius 2 is 2.05 bits per heavy atom. The molecule has 0 radical (unpaired) electrons. The van der Waals surface area contributed by atoms with Crippen LogP contribution in [0.3, 0.4) is 0 Å². The lowest BCUT2D eigenvalue weighted by Crippen LogP contribution is -2.07. The van der Waals surface area contributed by atoms with E-state index in [4.69, 9.17) is 4.74 Å². The second-order valence-electron chi connectivity index (χ2n) is 4.25. The first-order valence-corrected chi connectivity index (χ1v) is 6.79. The maximum atomic E-state index is 12.8. The standard InChI is InChI=1S/C14H12BrF3N2O/c1-21-13-9(3-2-4-19-13)8-20-12-6-10(14(16,17)18)5-11(15)7-12/h2-7,20H,8H2,1H3. The number of nitrogens with one attached hydrogen (secondary N) is 1. The lowest BCUT2D eigenvalue weighted by molar-refractivity contribution is -0.137. The van der Waals surface area contributed by atoms with Crippen LogP contribution in [0.1, 0.15) is 11.1 Å². The van der Waals surface area contributed by atoms with Gasteiger partial charge in [-0.3, -0.25) is 0 Å². The smallest absolute Gasteiger partial charge is 0.416 e. The van der Waals surface area contributed by atoms with Gasteiger partial charge < -0.3 is 10.1 Å². The fourth-order valence-electron chi connectivity index (χ4n) is 1.80. The topological polar surface area (TPSA) is 34.1 Å². The van der Waals surface area contributed by atoms with Crippen molar-refractivity contribution in [3.63, 3.8) is 0 Å². The van der Waals surface area contributed by atoms with Crippen molar-refractivity contribution in [2.45, 2.75) is 12.7 Å². The van der Waals surface area contributed by atoms with Gasteiger partial charge in [0.05, 0.1) is 12.7 Å². The fraction of sp³-hybridized carbons (Fsp3) is 0.214. The van der Waals surface area contributed by atoms with Gasteiger partial charge in [-0.2, -0.15) is 13.2 Å². The third-order valence-corrected chi connectivity index (χ3v) is 3.21. The highest BCUT2D eigenvalue weighted by atomic mass is 79.9. The Morgan fingerprint density at radius 3 is 2.71 bits per heavy atom. The summed E-state index contributed by atoms with van der Waals surface area (Å²) in [7, 11) is 1.49. The predicted molar refractivity (Wildman–Crippen MR) is 77.3 cm³/mol. The molecule has 1 aromatic carbocycles. The Morgan fingerprint density at radius 1 is 1.29 bits per heavy atom. The van der Waals surface area contributed by atoms with Gasteiger partial charge in [-0.25, -0.2) is 4.98 Å². The zero-order chi connectivity index (χ0) is 15.5. The van der Waals surface area contributed by atoms with Gasteiger partial charge in [0.1, 0.15) is 0 Å². The first-order valence-electron chi connectivity index (χ1n) is 5.99. The van der Waals surface area contributed by atoms with E-state index in [-0.39, 0.29) is 0 Å². The highest BCUT2D eigenvalue weighted by molar-refractivity contribution is 9.10. The lowest BCUT2D eigenvalue weighted by Gasteiger charge is -2.13. The van der Waals surface area contributed by atoms with Crippen LogP contribution in [0, 0.1) is 0 Å². The summed E-state index contributed by atoms with van der Waals surface area (Å²) in [6, 6.07) is 7.21. The first kappa shape index (κ1) is 15.6. The van der Waals surface area contributed by atoms with Gasteiger partial charge in [-0.15, -0.1) is 0 Å². The molecule has 1 N–H and O–H groups in total. The Hall–Kier alpha value is -1.76. The first-order chi connectivity index (χ1) is 9.90. The Kier molecular flexibility index (Phi) is 4.72. The largest absolute Gasteiger partial charge is 0.481 e. The molecular formula is C14H12BrF3N2O. The van der Waals surface area contributed by atoms with Crippen LogP contribution >= 0.6 is 15.9 Å². The molecule has 0 aliphatic carbocycles. The number of alkyl halides is 3. The quantitative estimate of drug-likeness (QED) is 0.872. The molecule has 21 heavy (non-hydrogen) atoms. The van der Waals surface area contributed by atoms with Gasteiger partial charge in [0.15, 0.2) is 0 Å². The highest BCUT2D eigenvalue weighted by Gasteiger charge is 2.31. The van der Waals surface area contributed by atoms with Crippen molar-refractivity contribution in [2.75, 3.05) is 12.4 Å². The van der Waals surface area contributed by atoms with Crippen molar-refractivity contribution in [1.82, 2.24) is 4.98 Å². The van der Waals surface area contributed by atoms with Crippen molar-refractivity contribution in [3.8, 4) is 5.88 Å². The van der Waals surface area contributed by atoms with Crippen LogP contribution in [0.15, 0.2) is 41.0 Å². The average Bonchev–Trinajstić information content (AvgIpc) is 2.44. The number of benzene rings is 1. The number of methoxy groups -OCH3 is 1. The van der Waals surface area contributed by atoms with Crippen LogP contribution in [0.4, 0.5) is 18.9 Å². The number of nitrogens with zero attached hydrogens (tertiary/aromatic N) is 1. The van der Waals surface area contributed by atoms with Crippen molar-refractivity contribution in [2.24, 2.45) is 0 Å². The molecule has 1 heterocycles. The number of rotatable bonds is 4. The summed E-state index contributed by atoms with van der Waals surface area (Å²) in [4.78, 5) is 4.03. The Balaban J connectivity index is 2.19. The SMILES string of the molecule is COc1ncccc1CNc1cc(Br)cc(C(F)(F)F)c1. The van der Waals surface area contributed by atoms with E-state index < -0.39 is 11.7 Å². The van der Waals surface area contributed by atoms with E-state index in [0.29, 0.717) is 22.6 Å². The van der Waals surface area contributed by atoms with Gasteiger partial charge in [-0.05, 0) is 24.3 Å². The molecule has 0 saturated carbocycles. The fourth-order valence-corrected chi connectivity index (χ4v) is 2.29. The molecule has 0 spiro atoms. The van der Waals surface area contributed by atoms with Crippen molar-refractivity contribution in [1.29, 1.82) is 0 Å². The summed E-state index contributed by atoms with van der Waals surface area (Å²) in [5.74, 6) is 0.441. The van der Waals surface area contributed by atoms with Crippen LogP contribution < -0.4 is 10.1 Å². The summed E-state index contributed by atoms with van der Waals surface area (Å²) >= 11 is 3.08. The molecule has 3 nitrogen and oxygen atoms in total. The maximum absolute atomic E-state index is 12.8. The second-order valence-corrected chi connectivity index (χ2v) is 5.17. The zero-order valence-electron chi connectivity index (χ0n) is 11.0. The third-order valence-electron chi connectivity index (χ3n) is 2.75. The van der Waals surface area contributed by atoms with Crippen LogP contribution in [-0.4, -0.2) is 12.1 Å². The van der Waals surface area contributed by atoms with Gasteiger partial charge in [0.2, 0.25) is 5.88 Å². The Labute approximate surface area is 128 Å². The molecule has 2 rings (SSSR count). The molecule has 0 aliphatic rings. The minimum Gasteiger partial charge on any atom is -0.481 e.